The summed E-state index contributed by atoms with van der Waals surface area (Å²) in [6.07, 6.45) is 0. The van der Waals surface area contributed by atoms with Crippen molar-refractivity contribution in [3.63, 3.8) is 0 Å². The SMILES string of the molecule is [2H]c1c([2H])c([2H])c([Si](c2ccccc2)(c2ccccc2)c2ccc(C)cc2)c([2H])c1[2H]. The topological polar surface area (TPSA) is 0 Å². The second-order valence-electron chi connectivity index (χ2n) is 6.35. The first-order valence-electron chi connectivity index (χ1n) is 11.1. The third-order valence-electron chi connectivity index (χ3n) is 4.77. The number of benzene rings is 4. The van der Waals surface area contributed by atoms with E-state index in [1.807, 2.05) is 91.9 Å². The Morgan fingerprint density at radius 1 is 0.538 bits per heavy atom. The summed E-state index contributed by atoms with van der Waals surface area (Å²) in [6.45, 7) is 2.02. The van der Waals surface area contributed by atoms with E-state index in [-0.39, 0.29) is 30.2 Å². The van der Waals surface area contributed by atoms with Gasteiger partial charge in [-0.25, -0.2) is 0 Å². The molecular formula is C25H22Si. The third kappa shape index (κ3) is 2.81. The summed E-state index contributed by atoms with van der Waals surface area (Å²) < 4.78 is 42.5. The molecule has 0 nitrogen and oxygen atoms in total. The Hall–Kier alpha value is -2.90. The van der Waals surface area contributed by atoms with Crippen LogP contribution in [0.1, 0.15) is 12.4 Å². The van der Waals surface area contributed by atoms with Crippen LogP contribution in [0.15, 0.2) is 115 Å². The zero-order chi connectivity index (χ0) is 22.2. The van der Waals surface area contributed by atoms with Crippen molar-refractivity contribution in [2.75, 3.05) is 0 Å². The lowest BCUT2D eigenvalue weighted by molar-refractivity contribution is 1.49. The van der Waals surface area contributed by atoms with Gasteiger partial charge in [-0.05, 0) is 27.7 Å². The van der Waals surface area contributed by atoms with E-state index in [2.05, 4.69) is 0 Å². The van der Waals surface area contributed by atoms with E-state index in [1.165, 1.54) is 0 Å². The highest BCUT2D eigenvalue weighted by molar-refractivity contribution is 7.19. The van der Waals surface area contributed by atoms with Gasteiger partial charge in [0.15, 0.2) is 8.07 Å². The maximum absolute atomic E-state index is 8.84. The quantitative estimate of drug-likeness (QED) is 0.389. The van der Waals surface area contributed by atoms with Gasteiger partial charge in [-0.15, -0.1) is 0 Å². The number of rotatable bonds is 4. The minimum Gasteiger partial charge on any atom is -0.0623 e. The molecule has 0 radical (unpaired) electrons. The van der Waals surface area contributed by atoms with Crippen molar-refractivity contribution in [2.24, 2.45) is 0 Å². The molecule has 0 saturated carbocycles. The van der Waals surface area contributed by atoms with Gasteiger partial charge >= 0.3 is 0 Å². The fourth-order valence-electron chi connectivity index (χ4n) is 3.55. The van der Waals surface area contributed by atoms with Crippen LogP contribution in [0.25, 0.3) is 0 Å². The smallest absolute Gasteiger partial charge is 0.0623 e. The molecule has 0 amide bonds. The Balaban J connectivity index is 2.27. The molecule has 1 heteroatoms. The molecule has 0 heterocycles. The molecule has 4 aromatic rings. The maximum Gasteiger partial charge on any atom is 0.179 e. The maximum atomic E-state index is 8.84. The summed E-state index contributed by atoms with van der Waals surface area (Å²) in [6, 6.07) is 26.6. The van der Waals surface area contributed by atoms with Crippen molar-refractivity contribution in [1.29, 1.82) is 0 Å². The van der Waals surface area contributed by atoms with Crippen LogP contribution < -0.4 is 20.7 Å². The summed E-state index contributed by atoms with van der Waals surface area (Å²) in [5.41, 5.74) is 1.11. The van der Waals surface area contributed by atoms with Gasteiger partial charge in [0.1, 0.15) is 0 Å². The Bertz CT molecular complexity index is 1150. The van der Waals surface area contributed by atoms with E-state index < -0.39 is 8.07 Å². The predicted molar refractivity (Wildman–Crippen MR) is 115 cm³/mol. The highest BCUT2D eigenvalue weighted by Gasteiger charge is 2.40. The van der Waals surface area contributed by atoms with Gasteiger partial charge in [0, 0.05) is 0 Å². The van der Waals surface area contributed by atoms with E-state index in [0.29, 0.717) is 5.19 Å². The van der Waals surface area contributed by atoms with Crippen LogP contribution >= 0.6 is 0 Å². The molecule has 126 valence electrons. The largest absolute Gasteiger partial charge is 0.179 e. The van der Waals surface area contributed by atoms with E-state index in [4.69, 9.17) is 6.85 Å². The molecule has 0 fully saturated rings. The molecule has 4 rings (SSSR count). The second-order valence-corrected chi connectivity index (χ2v) is 10.1. The molecule has 0 aliphatic heterocycles. The minimum absolute atomic E-state index is 0.133. The number of aryl methyl sites for hydroxylation is 1. The summed E-state index contributed by atoms with van der Waals surface area (Å²) in [5, 5.41) is 3.32. The fourth-order valence-corrected chi connectivity index (χ4v) is 7.97. The molecule has 4 aromatic carbocycles. The average Bonchev–Trinajstić information content (AvgIpc) is 2.81. The van der Waals surface area contributed by atoms with Crippen molar-refractivity contribution < 1.29 is 6.85 Å². The van der Waals surface area contributed by atoms with Gasteiger partial charge in [0.05, 0.1) is 6.85 Å². The van der Waals surface area contributed by atoms with Gasteiger partial charge in [0.2, 0.25) is 0 Å². The first-order chi connectivity index (χ1) is 14.9. The zero-order valence-corrected chi connectivity index (χ0v) is 15.6. The van der Waals surface area contributed by atoms with Gasteiger partial charge in [0.25, 0.3) is 0 Å². The van der Waals surface area contributed by atoms with Crippen molar-refractivity contribution in [2.45, 2.75) is 6.92 Å². The molecule has 0 spiro atoms. The van der Waals surface area contributed by atoms with E-state index in [9.17, 15) is 0 Å². The molecule has 0 aromatic heterocycles. The van der Waals surface area contributed by atoms with Gasteiger partial charge in [-0.3, -0.25) is 0 Å². The van der Waals surface area contributed by atoms with Crippen LogP contribution in [0.3, 0.4) is 0 Å². The second kappa shape index (κ2) is 7.15. The Morgan fingerprint density at radius 3 is 1.50 bits per heavy atom. The average molecular weight is 356 g/mol. The molecule has 0 saturated heterocycles. The summed E-state index contributed by atoms with van der Waals surface area (Å²) in [7, 11) is -3.20. The molecule has 26 heavy (non-hydrogen) atoms. The molecular weight excluding hydrogens is 328 g/mol. The molecule has 0 N–H and O–H groups in total. The van der Waals surface area contributed by atoms with Crippen molar-refractivity contribution >= 4 is 28.8 Å². The van der Waals surface area contributed by atoms with Crippen molar-refractivity contribution in [3.8, 4) is 0 Å². The molecule has 0 bridgehead atoms. The van der Waals surface area contributed by atoms with Crippen LogP contribution in [0.4, 0.5) is 0 Å². The first-order valence-corrected chi connectivity index (χ1v) is 10.6. The predicted octanol–water partition coefficient (Wildman–Crippen LogP) is 3.37. The van der Waals surface area contributed by atoms with Gasteiger partial charge < -0.3 is 0 Å². The standard InChI is InChI=1S/C25H22Si/c1-21-17-19-25(20-18-21)26(22-11-5-2-6-12-22,23-13-7-3-8-14-23)24-15-9-4-10-16-24/h2-20H,1H3/i2D,5D,6D,11D,12D. The monoisotopic (exact) mass is 355 g/mol. The highest BCUT2D eigenvalue weighted by Crippen LogP contribution is 2.10. The fraction of sp³-hybridized carbons (Fsp3) is 0.0400. The summed E-state index contributed by atoms with van der Waals surface area (Å²) in [4.78, 5) is 0. The molecule has 0 unspecified atom stereocenters. The Morgan fingerprint density at radius 2 is 1.00 bits per heavy atom. The minimum atomic E-state index is -3.20. The summed E-state index contributed by atoms with van der Waals surface area (Å²) >= 11 is 0. The highest BCUT2D eigenvalue weighted by atomic mass is 28.3. The van der Waals surface area contributed by atoms with Gasteiger partial charge in [-0.2, -0.15) is 0 Å². The Labute approximate surface area is 163 Å². The molecule has 0 atom stereocenters. The van der Waals surface area contributed by atoms with Crippen molar-refractivity contribution in [3.05, 3.63) is 121 Å². The van der Waals surface area contributed by atoms with Crippen LogP contribution in [-0.2, 0) is 0 Å². The third-order valence-corrected chi connectivity index (χ3v) is 9.37. The normalized spacial score (nSPS) is 14.0. The molecule has 0 aliphatic carbocycles. The molecule has 0 aliphatic rings. The zero-order valence-electron chi connectivity index (χ0n) is 19.6. The number of hydrogen-bond acceptors (Lipinski definition) is 0. The lowest BCUT2D eigenvalue weighted by atomic mass is 10.2. The van der Waals surface area contributed by atoms with Crippen LogP contribution in [-0.4, -0.2) is 8.07 Å². The van der Waals surface area contributed by atoms with Crippen LogP contribution in [0, 0.1) is 6.92 Å². The van der Waals surface area contributed by atoms with Crippen molar-refractivity contribution in [1.82, 2.24) is 0 Å². The summed E-state index contributed by atoms with van der Waals surface area (Å²) in [5.74, 6) is 0. The van der Waals surface area contributed by atoms with E-state index >= 15 is 0 Å². The lowest BCUT2D eigenvalue weighted by Gasteiger charge is -2.34. The van der Waals surface area contributed by atoms with E-state index in [1.54, 1.807) is 0 Å². The first kappa shape index (κ1) is 11.7. The van der Waals surface area contributed by atoms with E-state index in [0.717, 1.165) is 21.1 Å². The van der Waals surface area contributed by atoms with Gasteiger partial charge in [-0.1, -0.05) is 121 Å². The Kier molecular flexibility index (Phi) is 3.21. The number of hydrogen-bond donors (Lipinski definition) is 0. The van der Waals surface area contributed by atoms with Crippen LogP contribution in [0.5, 0.6) is 0 Å². The lowest BCUT2D eigenvalue weighted by Crippen LogP contribution is -2.74. The van der Waals surface area contributed by atoms with Crippen LogP contribution in [0.2, 0.25) is 0 Å².